The molecule has 1 saturated heterocycles. The molecule has 3 aromatic carbocycles. The van der Waals surface area contributed by atoms with Crippen LogP contribution in [0.3, 0.4) is 0 Å². The SMILES string of the molecule is O=C(Nc1ccc(S(=O)(=O)NCc2ccccc2)cc1)C1CC(=O)N(c2ccc(Cl)cc2)C1. The standard InChI is InChI=1S/C24H22ClN3O4S/c25-19-6-10-21(11-7-19)28-16-18(14-23(28)29)24(30)27-20-8-12-22(13-9-20)33(31,32)26-15-17-4-2-1-3-5-17/h1-13,18,26H,14-16H2,(H,27,30). The number of halogens is 1. The molecular weight excluding hydrogens is 462 g/mol. The summed E-state index contributed by atoms with van der Waals surface area (Å²) in [6.07, 6.45) is 0.102. The lowest BCUT2D eigenvalue weighted by atomic mass is 10.1. The van der Waals surface area contributed by atoms with E-state index in [2.05, 4.69) is 10.0 Å². The Morgan fingerprint density at radius 1 is 0.970 bits per heavy atom. The monoisotopic (exact) mass is 483 g/mol. The van der Waals surface area contributed by atoms with Crippen LogP contribution in [0.5, 0.6) is 0 Å². The van der Waals surface area contributed by atoms with Gasteiger partial charge in [0.25, 0.3) is 0 Å². The quantitative estimate of drug-likeness (QED) is 0.534. The van der Waals surface area contributed by atoms with Crippen LogP contribution in [0.4, 0.5) is 11.4 Å². The number of sulfonamides is 1. The van der Waals surface area contributed by atoms with E-state index in [-0.39, 0.29) is 36.2 Å². The molecule has 3 aromatic rings. The summed E-state index contributed by atoms with van der Waals surface area (Å²) in [6, 6.07) is 22.0. The largest absolute Gasteiger partial charge is 0.326 e. The van der Waals surface area contributed by atoms with Crippen LogP contribution in [0.25, 0.3) is 0 Å². The first-order valence-corrected chi connectivity index (χ1v) is 12.2. The highest BCUT2D eigenvalue weighted by Crippen LogP contribution is 2.27. The van der Waals surface area contributed by atoms with Crippen LogP contribution in [0.15, 0.2) is 83.8 Å². The summed E-state index contributed by atoms with van der Waals surface area (Å²) in [5, 5.41) is 3.34. The molecule has 0 saturated carbocycles. The van der Waals surface area contributed by atoms with E-state index in [1.54, 1.807) is 29.2 Å². The normalized spacial score (nSPS) is 16.1. The maximum atomic E-state index is 12.7. The molecule has 0 bridgehead atoms. The summed E-state index contributed by atoms with van der Waals surface area (Å²) in [6.45, 7) is 0.448. The van der Waals surface area contributed by atoms with Crippen molar-refractivity contribution in [1.29, 1.82) is 0 Å². The molecule has 170 valence electrons. The Bertz CT molecular complexity index is 1250. The summed E-state index contributed by atoms with van der Waals surface area (Å²) in [5.41, 5.74) is 2.00. The predicted octanol–water partition coefficient (Wildman–Crippen LogP) is 3.81. The molecule has 1 heterocycles. The van der Waals surface area contributed by atoms with Gasteiger partial charge < -0.3 is 10.2 Å². The van der Waals surface area contributed by atoms with Crippen LogP contribution in [0.1, 0.15) is 12.0 Å². The van der Waals surface area contributed by atoms with Crippen molar-refractivity contribution < 1.29 is 18.0 Å². The number of nitrogens with zero attached hydrogens (tertiary/aromatic N) is 1. The molecule has 1 aliphatic rings. The fraction of sp³-hybridized carbons (Fsp3) is 0.167. The third kappa shape index (κ3) is 5.60. The lowest BCUT2D eigenvalue weighted by Crippen LogP contribution is -2.28. The second-order valence-electron chi connectivity index (χ2n) is 7.71. The van der Waals surface area contributed by atoms with Gasteiger partial charge in [-0.05, 0) is 54.1 Å². The first-order chi connectivity index (χ1) is 15.8. The molecule has 4 rings (SSSR count). The number of benzene rings is 3. The van der Waals surface area contributed by atoms with Gasteiger partial charge in [0.05, 0.1) is 10.8 Å². The van der Waals surface area contributed by atoms with E-state index in [4.69, 9.17) is 11.6 Å². The number of hydrogen-bond acceptors (Lipinski definition) is 4. The van der Waals surface area contributed by atoms with Gasteiger partial charge in [0, 0.05) is 35.9 Å². The molecular formula is C24H22ClN3O4S. The number of carbonyl (C=O) groups excluding carboxylic acids is 2. The van der Waals surface area contributed by atoms with Crippen molar-refractivity contribution in [3.8, 4) is 0 Å². The molecule has 0 spiro atoms. The van der Waals surface area contributed by atoms with Gasteiger partial charge in [-0.25, -0.2) is 13.1 Å². The molecule has 9 heteroatoms. The average Bonchev–Trinajstić information content (AvgIpc) is 3.21. The highest BCUT2D eigenvalue weighted by Gasteiger charge is 2.35. The second-order valence-corrected chi connectivity index (χ2v) is 9.91. The molecule has 2 N–H and O–H groups in total. The van der Waals surface area contributed by atoms with Gasteiger partial charge in [-0.2, -0.15) is 0 Å². The number of nitrogens with one attached hydrogen (secondary N) is 2. The zero-order valence-corrected chi connectivity index (χ0v) is 19.1. The Kier molecular flexibility index (Phi) is 6.78. The fourth-order valence-electron chi connectivity index (χ4n) is 3.57. The van der Waals surface area contributed by atoms with Crippen molar-refractivity contribution in [2.75, 3.05) is 16.8 Å². The molecule has 7 nitrogen and oxygen atoms in total. The van der Waals surface area contributed by atoms with Gasteiger partial charge in [0.2, 0.25) is 21.8 Å². The lowest BCUT2D eigenvalue weighted by Gasteiger charge is -2.17. The van der Waals surface area contributed by atoms with E-state index in [1.165, 1.54) is 24.3 Å². The molecule has 1 fully saturated rings. The molecule has 0 radical (unpaired) electrons. The van der Waals surface area contributed by atoms with Crippen LogP contribution in [0, 0.1) is 5.92 Å². The van der Waals surface area contributed by atoms with Crippen molar-refractivity contribution >= 4 is 44.8 Å². The Morgan fingerprint density at radius 2 is 1.64 bits per heavy atom. The lowest BCUT2D eigenvalue weighted by molar-refractivity contribution is -0.122. The van der Waals surface area contributed by atoms with Crippen LogP contribution in [-0.4, -0.2) is 26.8 Å². The second kappa shape index (κ2) is 9.74. The van der Waals surface area contributed by atoms with Crippen molar-refractivity contribution in [2.24, 2.45) is 5.92 Å². The third-order valence-corrected chi connectivity index (χ3v) is 7.04. The van der Waals surface area contributed by atoms with Gasteiger partial charge in [0.1, 0.15) is 0 Å². The van der Waals surface area contributed by atoms with E-state index in [1.807, 2.05) is 30.3 Å². The molecule has 2 amide bonds. The third-order valence-electron chi connectivity index (χ3n) is 5.38. The van der Waals surface area contributed by atoms with Crippen molar-refractivity contribution in [3.63, 3.8) is 0 Å². The predicted molar refractivity (Wildman–Crippen MR) is 127 cm³/mol. The zero-order chi connectivity index (χ0) is 23.4. The van der Waals surface area contributed by atoms with E-state index in [0.717, 1.165) is 5.56 Å². The average molecular weight is 484 g/mol. The summed E-state index contributed by atoms with van der Waals surface area (Å²) in [7, 11) is -3.69. The summed E-state index contributed by atoms with van der Waals surface area (Å²) < 4.78 is 27.6. The molecule has 0 aromatic heterocycles. The number of rotatable bonds is 7. The minimum atomic E-state index is -3.69. The molecule has 1 atom stereocenters. The summed E-state index contributed by atoms with van der Waals surface area (Å²) >= 11 is 5.90. The van der Waals surface area contributed by atoms with E-state index < -0.39 is 15.9 Å². The van der Waals surface area contributed by atoms with Gasteiger partial charge in [-0.1, -0.05) is 41.9 Å². The maximum Gasteiger partial charge on any atom is 0.240 e. The molecule has 1 unspecified atom stereocenters. The van der Waals surface area contributed by atoms with Crippen molar-refractivity contribution in [3.05, 3.63) is 89.4 Å². The topological polar surface area (TPSA) is 95.6 Å². The number of carbonyl (C=O) groups is 2. The minimum absolute atomic E-state index is 0.0985. The van der Waals surface area contributed by atoms with Crippen molar-refractivity contribution in [1.82, 2.24) is 4.72 Å². The van der Waals surface area contributed by atoms with Gasteiger partial charge >= 0.3 is 0 Å². The number of hydrogen-bond donors (Lipinski definition) is 2. The summed E-state index contributed by atoms with van der Waals surface area (Å²) in [5.74, 6) is -0.940. The number of anilines is 2. The highest BCUT2D eigenvalue weighted by molar-refractivity contribution is 7.89. The first kappa shape index (κ1) is 23.0. The maximum absolute atomic E-state index is 12.7. The Balaban J connectivity index is 1.36. The van der Waals surface area contributed by atoms with Crippen LogP contribution < -0.4 is 14.9 Å². The molecule has 0 aliphatic carbocycles. The van der Waals surface area contributed by atoms with Crippen LogP contribution in [0.2, 0.25) is 5.02 Å². The van der Waals surface area contributed by atoms with Gasteiger partial charge in [-0.3, -0.25) is 9.59 Å². The van der Waals surface area contributed by atoms with Gasteiger partial charge in [0.15, 0.2) is 0 Å². The smallest absolute Gasteiger partial charge is 0.240 e. The van der Waals surface area contributed by atoms with Crippen LogP contribution in [-0.2, 0) is 26.2 Å². The van der Waals surface area contributed by atoms with Crippen LogP contribution >= 0.6 is 11.6 Å². The Labute approximate surface area is 197 Å². The highest BCUT2D eigenvalue weighted by atomic mass is 35.5. The van der Waals surface area contributed by atoms with E-state index in [9.17, 15) is 18.0 Å². The van der Waals surface area contributed by atoms with E-state index in [0.29, 0.717) is 16.4 Å². The Morgan fingerprint density at radius 3 is 2.30 bits per heavy atom. The van der Waals surface area contributed by atoms with Gasteiger partial charge in [-0.15, -0.1) is 0 Å². The Hall–Kier alpha value is -3.20. The number of amides is 2. The molecule has 33 heavy (non-hydrogen) atoms. The fourth-order valence-corrected chi connectivity index (χ4v) is 4.72. The molecule has 1 aliphatic heterocycles. The minimum Gasteiger partial charge on any atom is -0.326 e. The zero-order valence-electron chi connectivity index (χ0n) is 17.6. The van der Waals surface area contributed by atoms with E-state index >= 15 is 0 Å². The van der Waals surface area contributed by atoms with Crippen molar-refractivity contribution in [2.45, 2.75) is 17.9 Å². The summed E-state index contributed by atoms with van der Waals surface area (Å²) in [4.78, 5) is 26.7. The first-order valence-electron chi connectivity index (χ1n) is 10.3.